The topological polar surface area (TPSA) is 66.9 Å². The summed E-state index contributed by atoms with van der Waals surface area (Å²) >= 11 is 7.88. The summed E-state index contributed by atoms with van der Waals surface area (Å²) in [4.78, 5) is 15.9. The molecule has 0 aromatic heterocycles. The van der Waals surface area contributed by atoms with E-state index in [9.17, 15) is 13.2 Å². The summed E-state index contributed by atoms with van der Waals surface area (Å²) < 4.78 is 33.1. The van der Waals surface area contributed by atoms with Crippen LogP contribution in [-0.2, 0) is 14.8 Å². The zero-order chi connectivity index (χ0) is 23.7. The molecule has 0 bridgehead atoms. The molecule has 9 heteroatoms. The van der Waals surface area contributed by atoms with Crippen LogP contribution in [0.2, 0.25) is 5.02 Å². The van der Waals surface area contributed by atoms with Crippen molar-refractivity contribution in [1.29, 1.82) is 0 Å². The van der Waals surface area contributed by atoms with Gasteiger partial charge in [-0.05, 0) is 43.0 Å². The maximum atomic E-state index is 13.7. The number of nitrogens with zero attached hydrogens (tertiary/aromatic N) is 2. The zero-order valence-electron chi connectivity index (χ0n) is 18.6. The van der Waals surface area contributed by atoms with Gasteiger partial charge in [0.25, 0.3) is 0 Å². The Morgan fingerprint density at radius 2 is 1.76 bits per heavy atom. The first-order valence-corrected chi connectivity index (χ1v) is 14.0. The average molecular weight is 517 g/mol. The molecule has 3 heterocycles. The molecule has 0 spiro atoms. The van der Waals surface area contributed by atoms with Crippen molar-refractivity contribution in [1.82, 2.24) is 9.21 Å². The number of benzene rings is 2. The Kier molecular flexibility index (Phi) is 6.86. The van der Waals surface area contributed by atoms with Crippen molar-refractivity contribution >= 4 is 44.9 Å². The zero-order valence-corrected chi connectivity index (χ0v) is 21.0. The minimum atomic E-state index is -3.82. The lowest BCUT2D eigenvalue weighted by Crippen LogP contribution is -2.40. The Bertz CT molecular complexity index is 1270. The van der Waals surface area contributed by atoms with Crippen molar-refractivity contribution in [3.05, 3.63) is 80.7 Å². The molecular weight excluding hydrogens is 492 g/mol. The van der Waals surface area contributed by atoms with E-state index in [-0.39, 0.29) is 28.8 Å². The fraction of sp³-hybridized carbons (Fsp3) is 0.320. The smallest absolute Gasteiger partial charge is 0.244 e. The molecule has 0 unspecified atom stereocenters. The van der Waals surface area contributed by atoms with Gasteiger partial charge in [-0.15, -0.1) is 0 Å². The number of rotatable bonds is 5. The van der Waals surface area contributed by atoms with Gasteiger partial charge in [-0.3, -0.25) is 4.79 Å². The summed E-state index contributed by atoms with van der Waals surface area (Å²) in [5.74, 6) is -0.146. The molecule has 34 heavy (non-hydrogen) atoms. The molecule has 5 rings (SSSR count). The molecule has 178 valence electrons. The molecule has 0 aliphatic carbocycles. The summed E-state index contributed by atoms with van der Waals surface area (Å²) in [5, 5.41) is 3.15. The van der Waals surface area contributed by atoms with Gasteiger partial charge >= 0.3 is 0 Å². The van der Waals surface area contributed by atoms with Crippen molar-refractivity contribution in [2.45, 2.75) is 24.2 Å². The Hall–Kier alpha value is -2.10. The predicted molar refractivity (Wildman–Crippen MR) is 135 cm³/mol. The third-order valence-electron chi connectivity index (χ3n) is 6.26. The Balaban J connectivity index is 1.49. The van der Waals surface area contributed by atoms with Crippen LogP contribution in [0.4, 0.5) is 0 Å². The molecule has 2 aromatic rings. The Morgan fingerprint density at radius 3 is 2.53 bits per heavy atom. The molecule has 6 nitrogen and oxygen atoms in total. The number of Topliss-reactive ketones (excluding diaryl/α,β-unsaturated/α-hetero) is 1. The first-order chi connectivity index (χ1) is 16.5. The Labute approximate surface area is 209 Å². The van der Waals surface area contributed by atoms with Crippen LogP contribution in [0, 0.1) is 0 Å². The predicted octanol–water partition coefficient (Wildman–Crippen LogP) is 4.99. The van der Waals surface area contributed by atoms with Crippen LogP contribution < -0.4 is 0 Å². The first-order valence-electron chi connectivity index (χ1n) is 11.3. The van der Waals surface area contributed by atoms with E-state index < -0.39 is 10.0 Å². The number of ketones is 1. The van der Waals surface area contributed by atoms with E-state index in [0.717, 1.165) is 41.2 Å². The monoisotopic (exact) mass is 516 g/mol. The largest absolute Gasteiger partial charge is 0.379 e. The summed E-state index contributed by atoms with van der Waals surface area (Å²) in [6.45, 7) is 2.07. The van der Waals surface area contributed by atoms with E-state index in [2.05, 4.69) is 22.4 Å². The highest BCUT2D eigenvalue weighted by Crippen LogP contribution is 2.44. The van der Waals surface area contributed by atoms with Crippen molar-refractivity contribution in [2.75, 3.05) is 32.8 Å². The number of fused-ring (bicyclic) bond motifs is 1. The second-order valence-corrected chi connectivity index (χ2v) is 11.5. The van der Waals surface area contributed by atoms with Gasteiger partial charge < -0.3 is 9.64 Å². The highest BCUT2D eigenvalue weighted by molar-refractivity contribution is 8.06. The molecular formula is C25H25ClN2O4S2. The molecule has 0 atom stereocenters. The van der Waals surface area contributed by atoms with Crippen molar-refractivity contribution in [2.24, 2.45) is 0 Å². The molecule has 2 aromatic carbocycles. The number of morpholine rings is 1. The summed E-state index contributed by atoms with van der Waals surface area (Å²) in [7, 11) is -3.82. The third-order valence-corrected chi connectivity index (χ3v) is 9.67. The van der Waals surface area contributed by atoms with Crippen LogP contribution in [0.3, 0.4) is 0 Å². The molecule has 1 saturated heterocycles. The van der Waals surface area contributed by atoms with Crippen LogP contribution in [0.5, 0.6) is 0 Å². The minimum absolute atomic E-state index is 0.0276. The number of sulfonamides is 1. The van der Waals surface area contributed by atoms with Gasteiger partial charge in [0, 0.05) is 36.2 Å². The van der Waals surface area contributed by atoms with Gasteiger partial charge in [0.15, 0.2) is 5.78 Å². The van der Waals surface area contributed by atoms with Crippen LogP contribution in [-0.4, -0.2) is 56.3 Å². The van der Waals surface area contributed by atoms with Crippen LogP contribution in [0.15, 0.2) is 69.4 Å². The standard InChI is InChI=1S/C25H25ClN2O4S2/c26-21-10-9-19(16-23(21)34(30,31)27-12-14-32-15-13-27)24(29)20-8-4-5-11-28-22(17-33-25(20)28)18-6-2-1-3-7-18/h1-3,6-7,9-10,16-17H,4-5,8,11-15H2. The molecule has 0 saturated carbocycles. The lowest BCUT2D eigenvalue weighted by atomic mass is 10.00. The van der Waals surface area contributed by atoms with Crippen LogP contribution in [0.1, 0.15) is 35.2 Å². The fourth-order valence-corrected chi connectivity index (χ4v) is 7.52. The van der Waals surface area contributed by atoms with E-state index in [1.807, 2.05) is 18.2 Å². The van der Waals surface area contributed by atoms with E-state index in [1.54, 1.807) is 17.8 Å². The van der Waals surface area contributed by atoms with Gasteiger partial charge in [0.2, 0.25) is 10.0 Å². The number of hydrogen-bond donors (Lipinski definition) is 0. The quantitative estimate of drug-likeness (QED) is 0.522. The van der Waals surface area contributed by atoms with Gasteiger partial charge in [-0.2, -0.15) is 4.31 Å². The molecule has 3 aliphatic heterocycles. The van der Waals surface area contributed by atoms with Crippen LogP contribution in [0.25, 0.3) is 5.70 Å². The normalized spacial score (nSPS) is 19.6. The third kappa shape index (κ3) is 4.45. The van der Waals surface area contributed by atoms with E-state index in [0.29, 0.717) is 25.2 Å². The van der Waals surface area contributed by atoms with E-state index in [4.69, 9.17) is 16.3 Å². The van der Waals surface area contributed by atoms with Crippen LogP contribution >= 0.6 is 23.4 Å². The summed E-state index contributed by atoms with van der Waals surface area (Å²) in [6, 6.07) is 14.7. The van der Waals surface area contributed by atoms with E-state index >= 15 is 0 Å². The summed E-state index contributed by atoms with van der Waals surface area (Å²) in [5.41, 5.74) is 3.28. The molecule has 0 N–H and O–H groups in total. The second kappa shape index (κ2) is 9.87. The van der Waals surface area contributed by atoms with Crippen molar-refractivity contribution in [3.8, 4) is 0 Å². The summed E-state index contributed by atoms with van der Waals surface area (Å²) in [6.07, 6.45) is 2.53. The van der Waals surface area contributed by atoms with Gasteiger partial charge in [0.1, 0.15) is 4.90 Å². The lowest BCUT2D eigenvalue weighted by molar-refractivity contribution is 0.0730. The van der Waals surface area contributed by atoms with Crippen molar-refractivity contribution in [3.63, 3.8) is 0 Å². The average Bonchev–Trinajstić information content (AvgIpc) is 3.17. The number of allylic oxidation sites excluding steroid dienone is 1. The van der Waals surface area contributed by atoms with Crippen molar-refractivity contribution < 1.29 is 17.9 Å². The maximum absolute atomic E-state index is 13.7. The number of hydrogen-bond acceptors (Lipinski definition) is 6. The fourth-order valence-electron chi connectivity index (χ4n) is 4.47. The first kappa shape index (κ1) is 23.6. The highest BCUT2D eigenvalue weighted by atomic mass is 35.5. The molecule has 1 fully saturated rings. The molecule has 0 amide bonds. The minimum Gasteiger partial charge on any atom is -0.379 e. The lowest BCUT2D eigenvalue weighted by Gasteiger charge is -2.26. The second-order valence-electron chi connectivity index (χ2n) is 8.37. The highest BCUT2D eigenvalue weighted by Gasteiger charge is 2.32. The van der Waals surface area contributed by atoms with E-state index in [1.165, 1.54) is 16.4 Å². The number of carbonyl (C=O) groups is 1. The maximum Gasteiger partial charge on any atom is 0.244 e. The SMILES string of the molecule is O=C(C1=C2SC=C(c3ccccc3)N2CCCC1)c1ccc(Cl)c(S(=O)(=O)N2CCOCC2)c1. The number of halogens is 1. The number of ether oxygens (including phenoxy) is 1. The van der Waals surface area contributed by atoms with Gasteiger partial charge in [-0.1, -0.05) is 53.7 Å². The van der Waals surface area contributed by atoms with Gasteiger partial charge in [-0.25, -0.2) is 8.42 Å². The molecule has 3 aliphatic rings. The van der Waals surface area contributed by atoms with Gasteiger partial charge in [0.05, 0.1) is 29.0 Å². The number of thioether (sulfide) groups is 1. The number of carbonyl (C=O) groups excluding carboxylic acids is 1. The Morgan fingerprint density at radius 1 is 1.00 bits per heavy atom. The molecule has 0 radical (unpaired) electrons.